The van der Waals surface area contributed by atoms with Gasteiger partial charge in [0, 0.05) is 31.4 Å². The van der Waals surface area contributed by atoms with E-state index in [1.165, 1.54) is 20.8 Å². The van der Waals surface area contributed by atoms with Crippen LogP contribution in [0.15, 0.2) is 24.3 Å². The second-order valence-electron chi connectivity index (χ2n) is 6.67. The van der Waals surface area contributed by atoms with Gasteiger partial charge in [-0.25, -0.2) is 4.79 Å². The molecule has 1 amide bonds. The van der Waals surface area contributed by atoms with Crippen molar-refractivity contribution in [2.24, 2.45) is 0 Å². The third kappa shape index (κ3) is 4.34. The van der Waals surface area contributed by atoms with E-state index in [9.17, 15) is 19.5 Å². The Balaban J connectivity index is 2.34. The predicted molar refractivity (Wildman–Crippen MR) is 93.5 cm³/mol. The van der Waals surface area contributed by atoms with Crippen LogP contribution in [0.4, 0.5) is 4.79 Å². The van der Waals surface area contributed by atoms with E-state index >= 15 is 0 Å². The van der Waals surface area contributed by atoms with Gasteiger partial charge >= 0.3 is 12.1 Å². The average molecular weight is 384 g/mol. The van der Waals surface area contributed by atoms with Crippen molar-refractivity contribution in [1.29, 1.82) is 0 Å². The van der Waals surface area contributed by atoms with Crippen molar-refractivity contribution in [1.82, 2.24) is 5.32 Å². The Kier molecular flexibility index (Phi) is 5.93. The Labute approximate surface area is 156 Å². The van der Waals surface area contributed by atoms with E-state index in [0.29, 0.717) is 18.4 Å². The first kappa shape index (κ1) is 20.2. The van der Waals surface area contributed by atoms with Gasteiger partial charge in [0.2, 0.25) is 0 Å². The molecule has 26 heavy (non-hydrogen) atoms. The van der Waals surface area contributed by atoms with Crippen LogP contribution in [0.2, 0.25) is 5.02 Å². The highest BCUT2D eigenvalue weighted by atomic mass is 35.5. The van der Waals surface area contributed by atoms with Gasteiger partial charge in [-0.3, -0.25) is 9.59 Å². The molecule has 1 fully saturated rings. The Hall–Kier alpha value is -2.12. The number of hydrogen-bond donors (Lipinski definition) is 2. The minimum atomic E-state index is -1.52. The largest absolute Gasteiger partial charge is 0.423 e. The number of halogens is 1. The number of rotatable bonds is 4. The molecule has 0 unspecified atom stereocenters. The van der Waals surface area contributed by atoms with Gasteiger partial charge in [-0.15, -0.1) is 0 Å². The number of aliphatic hydroxyl groups is 1. The number of aliphatic hydroxyl groups excluding tert-OH is 1. The first-order chi connectivity index (χ1) is 12.1. The number of nitrogens with one attached hydrogen (secondary N) is 1. The topological polar surface area (TPSA) is 102 Å². The molecule has 1 saturated carbocycles. The number of alkyl carbamates (subject to hydrolysis) is 1. The van der Waals surface area contributed by atoms with Crippen LogP contribution in [0.1, 0.15) is 45.6 Å². The molecule has 0 aromatic heterocycles. The first-order valence-corrected chi connectivity index (χ1v) is 8.63. The second-order valence-corrected chi connectivity index (χ2v) is 7.07. The molecule has 2 N–H and O–H groups in total. The fourth-order valence-corrected chi connectivity index (χ4v) is 3.45. The van der Waals surface area contributed by atoms with Gasteiger partial charge in [0.15, 0.2) is 5.78 Å². The molecule has 142 valence electrons. The van der Waals surface area contributed by atoms with Crippen molar-refractivity contribution in [3.63, 3.8) is 0 Å². The maximum absolute atomic E-state index is 12.8. The number of ether oxygens (including phenoxy) is 2. The van der Waals surface area contributed by atoms with Crippen LogP contribution in [0.5, 0.6) is 0 Å². The molecule has 1 aromatic rings. The third-order valence-electron chi connectivity index (χ3n) is 4.13. The maximum atomic E-state index is 12.8. The number of hydrogen-bond acceptors (Lipinski definition) is 6. The van der Waals surface area contributed by atoms with Gasteiger partial charge < -0.3 is 19.9 Å². The molecule has 1 aliphatic rings. The number of amides is 1. The van der Waals surface area contributed by atoms with Crippen LogP contribution in [-0.2, 0) is 24.6 Å². The molecule has 7 nitrogen and oxygen atoms in total. The highest BCUT2D eigenvalue weighted by Crippen LogP contribution is 2.38. The lowest BCUT2D eigenvalue weighted by Gasteiger charge is -2.39. The lowest BCUT2D eigenvalue weighted by atomic mass is 9.74. The van der Waals surface area contributed by atoms with E-state index in [4.69, 9.17) is 21.1 Å². The molecule has 0 radical (unpaired) electrons. The summed E-state index contributed by atoms with van der Waals surface area (Å²) in [5.74, 6) is -2.69. The molecular weight excluding hydrogens is 362 g/mol. The van der Waals surface area contributed by atoms with E-state index in [1.807, 2.05) is 0 Å². The minimum absolute atomic E-state index is 0.260. The standard InChI is InChI=1S/C18H22ClNO6/c1-11(21)25-17(2,3)26-16(24)20-18(10-6-9-14(22)15(18)23)12-7-4-5-8-13(12)19/h4-5,7-8,14,22H,6,9-10H2,1-3H3,(H,20,24)/t14-,18-/m0/s1. The number of carbonyl (C=O) groups is 3. The molecule has 0 bridgehead atoms. The SMILES string of the molecule is CC(=O)OC(C)(C)OC(=O)N[C@]1(c2ccccc2Cl)CCC[C@H](O)C1=O. The van der Waals surface area contributed by atoms with Crippen LogP contribution in [0.25, 0.3) is 0 Å². The lowest BCUT2D eigenvalue weighted by Crippen LogP contribution is -2.58. The Bertz CT molecular complexity index is 719. The molecule has 8 heteroatoms. The molecule has 2 atom stereocenters. The second kappa shape index (κ2) is 7.63. The molecule has 0 aliphatic heterocycles. The first-order valence-electron chi connectivity index (χ1n) is 8.25. The Morgan fingerprint density at radius 1 is 1.31 bits per heavy atom. The van der Waals surface area contributed by atoms with Gasteiger partial charge in [-0.05, 0) is 25.3 Å². The van der Waals surface area contributed by atoms with Gasteiger partial charge in [0.05, 0.1) is 0 Å². The normalized spacial score (nSPS) is 23.3. The van der Waals surface area contributed by atoms with E-state index in [1.54, 1.807) is 24.3 Å². The summed E-state index contributed by atoms with van der Waals surface area (Å²) in [6.07, 6.45) is -1.11. The maximum Gasteiger partial charge on any atom is 0.411 e. The molecular formula is C18H22ClNO6. The summed E-state index contributed by atoms with van der Waals surface area (Å²) in [5, 5.41) is 12.9. The van der Waals surface area contributed by atoms with Gasteiger partial charge in [0.1, 0.15) is 11.6 Å². The quantitative estimate of drug-likeness (QED) is 0.612. The summed E-state index contributed by atoms with van der Waals surface area (Å²) in [6.45, 7) is 3.98. The molecule has 0 saturated heterocycles. The Morgan fingerprint density at radius 3 is 2.58 bits per heavy atom. The fourth-order valence-electron chi connectivity index (χ4n) is 3.16. The fraction of sp³-hybridized carbons (Fsp3) is 0.500. The summed E-state index contributed by atoms with van der Waals surface area (Å²) in [7, 11) is 0. The Morgan fingerprint density at radius 2 is 1.96 bits per heavy atom. The van der Waals surface area contributed by atoms with Gasteiger partial charge in [0.25, 0.3) is 5.79 Å². The predicted octanol–water partition coefficient (Wildman–Crippen LogP) is 2.67. The summed E-state index contributed by atoms with van der Waals surface area (Å²) >= 11 is 6.25. The zero-order valence-corrected chi connectivity index (χ0v) is 15.6. The molecule has 2 rings (SSSR count). The van der Waals surface area contributed by atoms with E-state index < -0.39 is 35.3 Å². The highest BCUT2D eigenvalue weighted by molar-refractivity contribution is 6.31. The average Bonchev–Trinajstić information content (AvgIpc) is 2.50. The van der Waals surface area contributed by atoms with Crippen LogP contribution in [0, 0.1) is 0 Å². The van der Waals surface area contributed by atoms with Gasteiger partial charge in [-0.2, -0.15) is 0 Å². The number of ketones is 1. The van der Waals surface area contributed by atoms with Crippen molar-refractivity contribution in [2.45, 2.75) is 57.5 Å². The summed E-state index contributed by atoms with van der Waals surface area (Å²) in [6, 6.07) is 6.61. The van der Waals surface area contributed by atoms with Crippen molar-refractivity contribution >= 4 is 29.4 Å². The molecule has 1 aromatic carbocycles. The van der Waals surface area contributed by atoms with Gasteiger partial charge in [-0.1, -0.05) is 29.8 Å². The zero-order valence-electron chi connectivity index (χ0n) is 14.9. The van der Waals surface area contributed by atoms with Crippen LogP contribution in [-0.4, -0.2) is 34.8 Å². The van der Waals surface area contributed by atoms with Crippen LogP contribution in [0.3, 0.4) is 0 Å². The van der Waals surface area contributed by atoms with Crippen molar-refractivity contribution in [3.8, 4) is 0 Å². The smallest absolute Gasteiger partial charge is 0.411 e. The minimum Gasteiger partial charge on any atom is -0.423 e. The summed E-state index contributed by atoms with van der Waals surface area (Å²) in [5.41, 5.74) is -1.13. The third-order valence-corrected chi connectivity index (χ3v) is 4.46. The molecule has 0 spiro atoms. The summed E-state index contributed by atoms with van der Waals surface area (Å²) < 4.78 is 10.1. The number of benzene rings is 1. The van der Waals surface area contributed by atoms with Crippen LogP contribution >= 0.6 is 11.6 Å². The summed E-state index contributed by atoms with van der Waals surface area (Å²) in [4.78, 5) is 36.4. The van der Waals surface area contributed by atoms with Crippen molar-refractivity contribution in [2.75, 3.05) is 0 Å². The van der Waals surface area contributed by atoms with E-state index in [-0.39, 0.29) is 11.4 Å². The monoisotopic (exact) mass is 383 g/mol. The molecule has 0 heterocycles. The highest BCUT2D eigenvalue weighted by Gasteiger charge is 2.48. The molecule has 1 aliphatic carbocycles. The lowest BCUT2D eigenvalue weighted by molar-refractivity contribution is -0.192. The van der Waals surface area contributed by atoms with Crippen molar-refractivity contribution < 1.29 is 29.0 Å². The van der Waals surface area contributed by atoms with Crippen LogP contribution < -0.4 is 5.32 Å². The van der Waals surface area contributed by atoms with Crippen molar-refractivity contribution in [3.05, 3.63) is 34.9 Å². The zero-order chi connectivity index (χ0) is 19.5. The van der Waals surface area contributed by atoms with E-state index in [0.717, 1.165) is 0 Å². The van der Waals surface area contributed by atoms with E-state index in [2.05, 4.69) is 5.32 Å². The number of carbonyl (C=O) groups excluding carboxylic acids is 3. The number of esters is 1. The number of Topliss-reactive ketones (excluding diaryl/α,β-unsaturated/α-hetero) is 1.